The van der Waals surface area contributed by atoms with Crippen molar-refractivity contribution < 1.29 is 19.4 Å². The number of aliphatic carboxylic acids is 1. The van der Waals surface area contributed by atoms with Crippen LogP contribution in [0.5, 0.6) is 5.75 Å². The zero-order chi connectivity index (χ0) is 18.8. The molecule has 2 aromatic carbocycles. The summed E-state index contributed by atoms with van der Waals surface area (Å²) >= 11 is 7.15. The Morgan fingerprint density at radius 2 is 2.04 bits per heavy atom. The lowest BCUT2D eigenvalue weighted by Gasteiger charge is -2.10. The van der Waals surface area contributed by atoms with Crippen molar-refractivity contribution in [1.29, 1.82) is 0 Å². The van der Waals surface area contributed by atoms with Gasteiger partial charge in [-0.1, -0.05) is 29.0 Å². The van der Waals surface area contributed by atoms with E-state index in [1.54, 1.807) is 50.4 Å². The van der Waals surface area contributed by atoms with Gasteiger partial charge in [0.25, 0.3) is 5.91 Å². The third-order valence-electron chi connectivity index (χ3n) is 3.85. The Bertz CT molecular complexity index is 1070. The van der Waals surface area contributed by atoms with Crippen LogP contribution in [0.2, 0.25) is 5.02 Å². The number of carbonyl (C=O) groups is 2. The van der Waals surface area contributed by atoms with Gasteiger partial charge in [0.1, 0.15) is 11.8 Å². The summed E-state index contributed by atoms with van der Waals surface area (Å²) in [4.78, 5) is 28.5. The molecule has 0 fully saturated rings. The van der Waals surface area contributed by atoms with Crippen molar-refractivity contribution >= 4 is 45.0 Å². The molecule has 0 spiro atoms. The topological polar surface area (TPSA) is 80.9 Å². The molecular weight excluding hydrogens is 376 g/mol. The maximum atomic E-state index is 12.5. The van der Waals surface area contributed by atoms with Gasteiger partial charge in [0.15, 0.2) is 4.80 Å². The van der Waals surface area contributed by atoms with Crippen molar-refractivity contribution in [1.82, 2.24) is 4.57 Å². The number of fused-ring (bicyclic) bond motifs is 1. The molecule has 0 saturated carbocycles. The number of carboxylic acids is 1. The predicted molar refractivity (Wildman–Crippen MR) is 100 cm³/mol. The number of carboxylic acid groups (broad SMARTS) is 1. The van der Waals surface area contributed by atoms with Gasteiger partial charge in [0, 0.05) is 10.6 Å². The summed E-state index contributed by atoms with van der Waals surface area (Å²) < 4.78 is 7.52. The number of methoxy groups -OCH3 is 1. The predicted octanol–water partition coefficient (Wildman–Crippen LogP) is 3.75. The molecule has 0 saturated heterocycles. The van der Waals surface area contributed by atoms with Crippen LogP contribution >= 0.6 is 22.9 Å². The van der Waals surface area contributed by atoms with E-state index in [0.29, 0.717) is 26.7 Å². The number of amides is 1. The Morgan fingerprint density at radius 1 is 1.27 bits per heavy atom. The molecule has 0 radical (unpaired) electrons. The quantitative estimate of drug-likeness (QED) is 0.735. The van der Waals surface area contributed by atoms with Gasteiger partial charge in [-0.15, -0.1) is 0 Å². The first-order chi connectivity index (χ1) is 12.4. The van der Waals surface area contributed by atoms with Crippen LogP contribution < -0.4 is 9.54 Å². The highest BCUT2D eigenvalue weighted by Gasteiger charge is 2.19. The molecule has 8 heteroatoms. The van der Waals surface area contributed by atoms with Crippen LogP contribution in [0.15, 0.2) is 47.5 Å². The molecule has 0 aliphatic carbocycles. The van der Waals surface area contributed by atoms with E-state index in [1.807, 2.05) is 0 Å². The lowest BCUT2D eigenvalue weighted by molar-refractivity contribution is -0.140. The van der Waals surface area contributed by atoms with Crippen molar-refractivity contribution in [3.63, 3.8) is 0 Å². The second kappa shape index (κ2) is 7.31. The molecule has 0 aliphatic heterocycles. The SMILES string of the molecule is COc1ccc2c(c1)sc(=NC(=O)c1cccc(Cl)c1)n2C(C)C(=O)O. The van der Waals surface area contributed by atoms with E-state index < -0.39 is 17.9 Å². The van der Waals surface area contributed by atoms with Crippen LogP contribution in [-0.2, 0) is 4.79 Å². The summed E-state index contributed by atoms with van der Waals surface area (Å²) in [5, 5.41) is 9.87. The molecule has 0 aliphatic rings. The zero-order valence-corrected chi connectivity index (χ0v) is 15.5. The fourth-order valence-electron chi connectivity index (χ4n) is 2.49. The van der Waals surface area contributed by atoms with Crippen molar-refractivity contribution in [3.8, 4) is 5.75 Å². The van der Waals surface area contributed by atoms with E-state index in [1.165, 1.54) is 22.0 Å². The molecule has 1 aromatic heterocycles. The van der Waals surface area contributed by atoms with Gasteiger partial charge < -0.3 is 14.4 Å². The third kappa shape index (κ3) is 3.49. The van der Waals surface area contributed by atoms with Crippen molar-refractivity contribution in [3.05, 3.63) is 57.9 Å². The number of benzene rings is 2. The van der Waals surface area contributed by atoms with Gasteiger partial charge in [-0.3, -0.25) is 4.79 Å². The highest BCUT2D eigenvalue weighted by Crippen LogP contribution is 2.25. The van der Waals surface area contributed by atoms with Gasteiger partial charge in [0.2, 0.25) is 0 Å². The maximum Gasteiger partial charge on any atom is 0.326 e. The number of aromatic nitrogens is 1. The van der Waals surface area contributed by atoms with Crippen LogP contribution in [0, 0.1) is 0 Å². The van der Waals surface area contributed by atoms with Crippen molar-refractivity contribution in [2.24, 2.45) is 4.99 Å². The van der Waals surface area contributed by atoms with E-state index in [0.717, 1.165) is 4.70 Å². The molecule has 1 N–H and O–H groups in total. The number of hydrogen-bond donors (Lipinski definition) is 1. The second-order valence-corrected chi connectivity index (χ2v) is 6.98. The van der Waals surface area contributed by atoms with E-state index >= 15 is 0 Å². The summed E-state index contributed by atoms with van der Waals surface area (Å²) in [6, 6.07) is 10.9. The molecule has 1 unspecified atom stereocenters. The summed E-state index contributed by atoms with van der Waals surface area (Å²) in [5.74, 6) is -0.865. The molecule has 26 heavy (non-hydrogen) atoms. The van der Waals surface area contributed by atoms with Crippen LogP contribution in [0.1, 0.15) is 23.3 Å². The largest absolute Gasteiger partial charge is 0.497 e. The fraction of sp³-hybridized carbons (Fsp3) is 0.167. The normalized spacial score (nSPS) is 13.0. The molecule has 1 atom stereocenters. The van der Waals surface area contributed by atoms with Gasteiger partial charge in [-0.25, -0.2) is 4.79 Å². The number of thiazole rings is 1. The third-order valence-corrected chi connectivity index (χ3v) is 5.10. The van der Waals surface area contributed by atoms with E-state index in [2.05, 4.69) is 4.99 Å². The monoisotopic (exact) mass is 390 g/mol. The first-order valence-corrected chi connectivity index (χ1v) is 8.86. The minimum absolute atomic E-state index is 0.299. The molecular formula is C18H15ClN2O4S. The summed E-state index contributed by atoms with van der Waals surface area (Å²) in [6.45, 7) is 1.54. The Morgan fingerprint density at radius 3 is 2.69 bits per heavy atom. The lowest BCUT2D eigenvalue weighted by atomic mass is 10.2. The van der Waals surface area contributed by atoms with Gasteiger partial charge in [-0.2, -0.15) is 4.99 Å². The van der Waals surface area contributed by atoms with Crippen molar-refractivity contribution in [2.75, 3.05) is 7.11 Å². The summed E-state index contributed by atoms with van der Waals surface area (Å²) in [5.41, 5.74) is 1.01. The number of nitrogens with zero attached hydrogens (tertiary/aromatic N) is 2. The lowest BCUT2D eigenvalue weighted by Crippen LogP contribution is -2.25. The molecule has 0 bridgehead atoms. The van der Waals surface area contributed by atoms with Gasteiger partial charge in [-0.05, 0) is 43.3 Å². The van der Waals surface area contributed by atoms with Crippen LogP contribution in [-0.4, -0.2) is 28.7 Å². The highest BCUT2D eigenvalue weighted by molar-refractivity contribution is 7.16. The molecule has 1 amide bonds. The average Bonchev–Trinajstić information content (AvgIpc) is 2.97. The molecule has 134 valence electrons. The number of halogens is 1. The molecule has 3 aromatic rings. The van der Waals surface area contributed by atoms with Crippen molar-refractivity contribution in [2.45, 2.75) is 13.0 Å². The molecule has 1 heterocycles. The number of carbonyl (C=O) groups excluding carboxylic acids is 1. The highest BCUT2D eigenvalue weighted by atomic mass is 35.5. The Hall–Kier alpha value is -2.64. The smallest absolute Gasteiger partial charge is 0.326 e. The Balaban J connectivity index is 2.21. The fourth-order valence-corrected chi connectivity index (χ4v) is 3.80. The number of hydrogen-bond acceptors (Lipinski definition) is 4. The van der Waals surface area contributed by atoms with Gasteiger partial charge >= 0.3 is 5.97 Å². The Labute approximate surface area is 157 Å². The van der Waals surface area contributed by atoms with Crippen LogP contribution in [0.4, 0.5) is 0 Å². The zero-order valence-electron chi connectivity index (χ0n) is 14.0. The minimum Gasteiger partial charge on any atom is -0.497 e. The number of rotatable bonds is 4. The van der Waals surface area contributed by atoms with E-state index in [9.17, 15) is 14.7 Å². The van der Waals surface area contributed by atoms with Gasteiger partial charge in [0.05, 0.1) is 17.3 Å². The summed E-state index contributed by atoms with van der Waals surface area (Å²) in [6.07, 6.45) is 0. The maximum absolute atomic E-state index is 12.5. The minimum atomic E-state index is -1.02. The second-order valence-electron chi connectivity index (χ2n) is 5.53. The molecule has 3 rings (SSSR count). The van der Waals surface area contributed by atoms with Crippen LogP contribution in [0.25, 0.3) is 10.2 Å². The first-order valence-electron chi connectivity index (χ1n) is 7.67. The van der Waals surface area contributed by atoms with E-state index in [4.69, 9.17) is 16.3 Å². The van der Waals surface area contributed by atoms with Crippen LogP contribution in [0.3, 0.4) is 0 Å². The Kier molecular flexibility index (Phi) is 5.11. The first kappa shape index (κ1) is 18.2. The number of ether oxygens (including phenoxy) is 1. The molecule has 6 nitrogen and oxygen atoms in total. The summed E-state index contributed by atoms with van der Waals surface area (Å²) in [7, 11) is 1.55. The standard InChI is InChI=1S/C18H15ClN2O4S/c1-10(17(23)24)21-14-7-6-13(25-2)9-15(14)26-18(21)20-16(22)11-4-3-5-12(19)8-11/h3-10H,1-2H3,(H,23,24). The van der Waals surface area contributed by atoms with E-state index in [-0.39, 0.29) is 0 Å². The average molecular weight is 391 g/mol.